The highest BCUT2D eigenvalue weighted by atomic mass is 35.5. The van der Waals surface area contributed by atoms with E-state index in [-0.39, 0.29) is 17.4 Å². The number of carbonyl (C=O) groups is 1. The highest BCUT2D eigenvalue weighted by molar-refractivity contribution is 6.30. The van der Waals surface area contributed by atoms with Gasteiger partial charge in [-0.15, -0.1) is 0 Å². The Labute approximate surface area is 168 Å². The van der Waals surface area contributed by atoms with Gasteiger partial charge in [0.25, 0.3) is 5.91 Å². The van der Waals surface area contributed by atoms with Crippen molar-refractivity contribution in [3.63, 3.8) is 0 Å². The van der Waals surface area contributed by atoms with Crippen LogP contribution in [-0.4, -0.2) is 22.4 Å². The molecule has 1 amide bonds. The molecule has 0 aliphatic rings. The predicted octanol–water partition coefficient (Wildman–Crippen LogP) is 4.60. The summed E-state index contributed by atoms with van der Waals surface area (Å²) in [6.07, 6.45) is 0.600. The fourth-order valence-corrected chi connectivity index (χ4v) is 2.85. The van der Waals surface area contributed by atoms with Crippen LogP contribution >= 0.6 is 11.6 Å². The summed E-state index contributed by atoms with van der Waals surface area (Å²) < 4.78 is 12.9. The average Bonchev–Trinajstić information content (AvgIpc) is 2.66. The molecule has 0 aliphatic heterocycles. The summed E-state index contributed by atoms with van der Waals surface area (Å²) in [6.45, 7) is 4.10. The number of hydrogen-bond acceptors (Lipinski definition) is 4. The second kappa shape index (κ2) is 8.80. The number of anilines is 2. The summed E-state index contributed by atoms with van der Waals surface area (Å²) in [5.41, 5.74) is 3.03. The number of carbonyl (C=O) groups excluding carboxylic acids is 1. The van der Waals surface area contributed by atoms with Crippen molar-refractivity contribution in [3.8, 4) is 0 Å². The van der Waals surface area contributed by atoms with Gasteiger partial charge < -0.3 is 10.6 Å². The molecule has 28 heavy (non-hydrogen) atoms. The first-order chi connectivity index (χ1) is 13.4. The molecule has 5 nitrogen and oxygen atoms in total. The van der Waals surface area contributed by atoms with Crippen LogP contribution in [0.25, 0.3) is 0 Å². The predicted molar refractivity (Wildman–Crippen MR) is 109 cm³/mol. The van der Waals surface area contributed by atoms with Crippen LogP contribution in [0.15, 0.2) is 48.5 Å². The number of rotatable bonds is 6. The molecule has 1 heterocycles. The molecule has 7 heteroatoms. The Morgan fingerprint density at radius 1 is 1.07 bits per heavy atom. The Bertz CT molecular complexity index is 992. The molecule has 1 aromatic heterocycles. The molecule has 144 valence electrons. The molecule has 2 aromatic carbocycles. The van der Waals surface area contributed by atoms with Gasteiger partial charge in [-0.3, -0.25) is 4.79 Å². The molecule has 0 spiro atoms. The second-order valence-electron chi connectivity index (χ2n) is 6.40. The number of aromatic nitrogens is 2. The van der Waals surface area contributed by atoms with Crippen LogP contribution in [0.3, 0.4) is 0 Å². The zero-order chi connectivity index (χ0) is 20.1. The van der Waals surface area contributed by atoms with E-state index in [9.17, 15) is 9.18 Å². The maximum Gasteiger partial charge on any atom is 0.270 e. The molecule has 2 N–H and O–H groups in total. The van der Waals surface area contributed by atoms with E-state index in [0.29, 0.717) is 29.6 Å². The third-order valence-electron chi connectivity index (χ3n) is 4.15. The minimum absolute atomic E-state index is 0.272. The summed E-state index contributed by atoms with van der Waals surface area (Å²) in [6, 6.07) is 13.3. The van der Waals surface area contributed by atoms with Gasteiger partial charge in [-0.2, -0.15) is 0 Å². The first-order valence-electron chi connectivity index (χ1n) is 8.82. The third-order valence-corrected chi connectivity index (χ3v) is 4.38. The molecular weight excluding hydrogens is 379 g/mol. The summed E-state index contributed by atoms with van der Waals surface area (Å²) in [5.74, 6) is 0.424. The quantitative estimate of drug-likeness (QED) is 0.636. The molecule has 0 saturated carbocycles. The van der Waals surface area contributed by atoms with E-state index >= 15 is 0 Å². The van der Waals surface area contributed by atoms with Crippen LogP contribution in [-0.2, 0) is 6.42 Å². The van der Waals surface area contributed by atoms with E-state index in [0.717, 1.165) is 16.8 Å². The number of hydrogen-bond donors (Lipinski definition) is 2. The molecule has 0 aliphatic carbocycles. The number of benzene rings is 2. The summed E-state index contributed by atoms with van der Waals surface area (Å²) >= 11 is 6.05. The zero-order valence-electron chi connectivity index (χ0n) is 15.6. The SMILES string of the molecule is Cc1nc(Nc2cc(Cl)ccc2C)cc(C(=O)NCCc2ccc(F)cc2)n1. The lowest BCUT2D eigenvalue weighted by atomic mass is 10.1. The largest absolute Gasteiger partial charge is 0.350 e. The monoisotopic (exact) mass is 398 g/mol. The van der Waals surface area contributed by atoms with Crippen molar-refractivity contribution in [2.24, 2.45) is 0 Å². The lowest BCUT2D eigenvalue weighted by Gasteiger charge is -2.11. The lowest BCUT2D eigenvalue weighted by Crippen LogP contribution is -2.27. The Balaban J connectivity index is 1.67. The molecule has 0 bridgehead atoms. The molecule has 3 aromatic rings. The number of aryl methyl sites for hydroxylation is 2. The van der Waals surface area contributed by atoms with E-state index in [2.05, 4.69) is 20.6 Å². The maximum atomic E-state index is 12.9. The number of amides is 1. The Morgan fingerprint density at radius 2 is 1.82 bits per heavy atom. The third kappa shape index (κ3) is 5.27. The van der Waals surface area contributed by atoms with Gasteiger partial charge in [0.05, 0.1) is 0 Å². The van der Waals surface area contributed by atoms with Crippen LogP contribution in [0.2, 0.25) is 5.02 Å². The average molecular weight is 399 g/mol. The van der Waals surface area contributed by atoms with Gasteiger partial charge in [0.2, 0.25) is 0 Å². The Hall–Kier alpha value is -2.99. The van der Waals surface area contributed by atoms with Crippen LogP contribution < -0.4 is 10.6 Å². The van der Waals surface area contributed by atoms with Gasteiger partial charge in [0.1, 0.15) is 23.2 Å². The number of nitrogens with zero attached hydrogens (tertiary/aromatic N) is 2. The van der Waals surface area contributed by atoms with Crippen molar-refractivity contribution in [2.45, 2.75) is 20.3 Å². The molecule has 3 rings (SSSR count). The topological polar surface area (TPSA) is 66.9 Å². The normalized spacial score (nSPS) is 10.6. The smallest absolute Gasteiger partial charge is 0.270 e. The van der Waals surface area contributed by atoms with Crippen molar-refractivity contribution in [1.82, 2.24) is 15.3 Å². The second-order valence-corrected chi connectivity index (χ2v) is 6.84. The fraction of sp³-hybridized carbons (Fsp3) is 0.190. The van der Waals surface area contributed by atoms with Crippen LogP contribution in [0.5, 0.6) is 0 Å². The lowest BCUT2D eigenvalue weighted by molar-refractivity contribution is 0.0949. The van der Waals surface area contributed by atoms with Gasteiger partial charge in [-0.25, -0.2) is 14.4 Å². The number of nitrogens with one attached hydrogen (secondary N) is 2. The molecule has 0 atom stereocenters. The van der Waals surface area contributed by atoms with E-state index < -0.39 is 0 Å². The van der Waals surface area contributed by atoms with Gasteiger partial charge in [-0.1, -0.05) is 29.8 Å². The molecule has 0 radical (unpaired) electrons. The van der Waals surface area contributed by atoms with Gasteiger partial charge >= 0.3 is 0 Å². The van der Waals surface area contributed by atoms with E-state index in [1.807, 2.05) is 19.1 Å². The number of halogens is 2. The van der Waals surface area contributed by atoms with Crippen LogP contribution in [0, 0.1) is 19.7 Å². The molecule has 0 unspecified atom stereocenters. The minimum Gasteiger partial charge on any atom is -0.350 e. The molecular formula is C21H20ClFN4O. The summed E-state index contributed by atoms with van der Waals surface area (Å²) in [7, 11) is 0. The van der Waals surface area contributed by atoms with Gasteiger partial charge in [-0.05, 0) is 55.7 Å². The van der Waals surface area contributed by atoms with Crippen molar-refractivity contribution >= 4 is 29.0 Å². The molecule has 0 saturated heterocycles. The standard InChI is InChI=1S/C21H20ClFN4O/c1-13-3-6-16(22)11-18(13)27-20-12-19(25-14(2)26-20)21(28)24-10-9-15-4-7-17(23)8-5-15/h3-8,11-12H,9-10H2,1-2H3,(H,24,28)(H,25,26,27). The Morgan fingerprint density at radius 3 is 2.57 bits per heavy atom. The van der Waals surface area contributed by atoms with Crippen molar-refractivity contribution in [1.29, 1.82) is 0 Å². The van der Waals surface area contributed by atoms with E-state index in [4.69, 9.17) is 11.6 Å². The van der Waals surface area contributed by atoms with Crippen molar-refractivity contribution in [3.05, 3.63) is 82.0 Å². The van der Waals surface area contributed by atoms with Crippen LogP contribution in [0.4, 0.5) is 15.9 Å². The van der Waals surface area contributed by atoms with E-state index in [1.54, 1.807) is 31.2 Å². The zero-order valence-corrected chi connectivity index (χ0v) is 16.3. The highest BCUT2D eigenvalue weighted by Crippen LogP contribution is 2.23. The van der Waals surface area contributed by atoms with Crippen LogP contribution in [0.1, 0.15) is 27.4 Å². The van der Waals surface area contributed by atoms with Gasteiger partial charge in [0.15, 0.2) is 0 Å². The summed E-state index contributed by atoms with van der Waals surface area (Å²) in [5, 5.41) is 6.62. The van der Waals surface area contributed by atoms with Crippen molar-refractivity contribution < 1.29 is 9.18 Å². The maximum absolute atomic E-state index is 12.9. The first kappa shape index (κ1) is 19.8. The minimum atomic E-state index is -0.293. The highest BCUT2D eigenvalue weighted by Gasteiger charge is 2.11. The van der Waals surface area contributed by atoms with E-state index in [1.165, 1.54) is 12.1 Å². The fourth-order valence-electron chi connectivity index (χ4n) is 2.68. The first-order valence-corrected chi connectivity index (χ1v) is 9.20. The summed E-state index contributed by atoms with van der Waals surface area (Å²) in [4.78, 5) is 21.0. The molecule has 0 fully saturated rings. The van der Waals surface area contributed by atoms with Gasteiger partial charge in [0, 0.05) is 23.3 Å². The van der Waals surface area contributed by atoms with Crippen molar-refractivity contribution in [2.75, 3.05) is 11.9 Å². The Kier molecular flexibility index (Phi) is 6.21.